The summed E-state index contributed by atoms with van der Waals surface area (Å²) >= 11 is 2.43. The van der Waals surface area contributed by atoms with Crippen LogP contribution in [-0.4, -0.2) is 27.8 Å². The molecule has 1 amide bonds. The summed E-state index contributed by atoms with van der Waals surface area (Å²) in [5.74, 6) is -0.577. The third kappa shape index (κ3) is 4.45. The lowest BCUT2D eigenvalue weighted by atomic mass is 10.3. The number of ether oxygens (including phenoxy) is 1. The Morgan fingerprint density at radius 2 is 2.15 bits per heavy atom. The van der Waals surface area contributed by atoms with Crippen molar-refractivity contribution in [3.8, 4) is 5.75 Å². The second-order valence-electron chi connectivity index (χ2n) is 5.29. The van der Waals surface area contributed by atoms with E-state index in [0.717, 1.165) is 11.8 Å². The van der Waals surface area contributed by atoms with Gasteiger partial charge in [-0.05, 0) is 30.5 Å². The largest absolute Gasteiger partial charge is 0.433 e. The number of nitrogens with one attached hydrogen (secondary N) is 1. The number of hydrogen-bond donors (Lipinski definition) is 1. The van der Waals surface area contributed by atoms with Crippen molar-refractivity contribution < 1.29 is 18.3 Å². The van der Waals surface area contributed by atoms with Crippen LogP contribution in [0.1, 0.15) is 6.92 Å². The van der Waals surface area contributed by atoms with E-state index >= 15 is 0 Å². The predicted molar refractivity (Wildman–Crippen MR) is 102 cm³/mol. The minimum Gasteiger partial charge on any atom is -0.433 e. The zero-order valence-corrected chi connectivity index (χ0v) is 15.8. The highest BCUT2D eigenvalue weighted by Crippen LogP contribution is 2.26. The van der Waals surface area contributed by atoms with E-state index in [-0.39, 0.29) is 22.7 Å². The molecule has 1 aromatic carbocycles. The van der Waals surface area contributed by atoms with E-state index in [9.17, 15) is 18.4 Å². The van der Waals surface area contributed by atoms with Crippen LogP contribution >= 0.6 is 23.1 Å². The second-order valence-corrected chi connectivity index (χ2v) is 7.15. The number of rotatable bonds is 7. The molecule has 6 nitrogen and oxygen atoms in total. The Labute approximate surface area is 161 Å². The van der Waals surface area contributed by atoms with Crippen molar-refractivity contribution in [1.29, 1.82) is 0 Å². The Hall–Kier alpha value is -2.46. The van der Waals surface area contributed by atoms with Crippen molar-refractivity contribution >= 4 is 44.9 Å². The molecule has 3 aromatic rings. The van der Waals surface area contributed by atoms with Crippen LogP contribution in [0.25, 0.3) is 10.2 Å². The van der Waals surface area contributed by atoms with Crippen molar-refractivity contribution in [3.05, 3.63) is 46.1 Å². The van der Waals surface area contributed by atoms with Gasteiger partial charge in [-0.1, -0.05) is 23.9 Å². The predicted octanol–water partition coefficient (Wildman–Crippen LogP) is 3.81. The molecule has 10 heteroatoms. The molecule has 0 aliphatic rings. The summed E-state index contributed by atoms with van der Waals surface area (Å²) in [6.07, 6.45) is 0. The number of amides is 1. The summed E-state index contributed by atoms with van der Waals surface area (Å²) in [5, 5.41) is 4.76. The second kappa shape index (κ2) is 8.49. The van der Waals surface area contributed by atoms with Crippen molar-refractivity contribution in [3.63, 3.8) is 0 Å². The Morgan fingerprint density at radius 3 is 2.89 bits per heavy atom. The first-order valence-corrected chi connectivity index (χ1v) is 9.80. The van der Waals surface area contributed by atoms with Crippen LogP contribution in [0.4, 0.5) is 14.5 Å². The van der Waals surface area contributed by atoms with Crippen molar-refractivity contribution in [1.82, 2.24) is 9.55 Å². The number of para-hydroxylation sites is 2. The SMILES string of the molecule is CCn1c(SCC(=O)Nc2ccccc2OC(F)F)nc2ccsc2c1=O. The lowest BCUT2D eigenvalue weighted by Crippen LogP contribution is -2.22. The van der Waals surface area contributed by atoms with Crippen LogP contribution in [0.5, 0.6) is 5.75 Å². The zero-order valence-electron chi connectivity index (χ0n) is 14.1. The zero-order chi connectivity index (χ0) is 19.4. The third-order valence-electron chi connectivity index (χ3n) is 3.56. The number of nitrogens with zero attached hydrogens (tertiary/aromatic N) is 2. The van der Waals surface area contributed by atoms with Crippen LogP contribution in [0.15, 0.2) is 45.7 Å². The van der Waals surface area contributed by atoms with Gasteiger partial charge in [-0.2, -0.15) is 8.78 Å². The van der Waals surface area contributed by atoms with Crippen molar-refractivity contribution in [2.24, 2.45) is 0 Å². The summed E-state index contributed by atoms with van der Waals surface area (Å²) in [7, 11) is 0. The van der Waals surface area contributed by atoms with E-state index < -0.39 is 12.5 Å². The van der Waals surface area contributed by atoms with E-state index in [1.807, 2.05) is 6.92 Å². The Bertz CT molecular complexity index is 1020. The van der Waals surface area contributed by atoms with Crippen LogP contribution < -0.4 is 15.6 Å². The van der Waals surface area contributed by atoms with Gasteiger partial charge >= 0.3 is 6.61 Å². The lowest BCUT2D eigenvalue weighted by molar-refractivity contribution is -0.113. The minimum absolute atomic E-state index is 0.0366. The maximum Gasteiger partial charge on any atom is 0.387 e. The highest BCUT2D eigenvalue weighted by Gasteiger charge is 2.15. The van der Waals surface area contributed by atoms with Gasteiger partial charge in [0, 0.05) is 6.54 Å². The lowest BCUT2D eigenvalue weighted by Gasteiger charge is -2.12. The highest BCUT2D eigenvalue weighted by atomic mass is 32.2. The monoisotopic (exact) mass is 411 g/mol. The van der Waals surface area contributed by atoms with Gasteiger partial charge in [0.15, 0.2) is 5.16 Å². The van der Waals surface area contributed by atoms with Crippen LogP contribution in [0.3, 0.4) is 0 Å². The average molecular weight is 411 g/mol. The van der Waals surface area contributed by atoms with Gasteiger partial charge in [0.1, 0.15) is 10.4 Å². The number of carbonyl (C=O) groups excluding carboxylic acids is 1. The van der Waals surface area contributed by atoms with Gasteiger partial charge in [-0.3, -0.25) is 14.2 Å². The molecule has 0 radical (unpaired) electrons. The number of thiophene rings is 1. The van der Waals surface area contributed by atoms with Crippen LogP contribution in [-0.2, 0) is 11.3 Å². The van der Waals surface area contributed by atoms with Gasteiger partial charge in [-0.15, -0.1) is 11.3 Å². The molecule has 0 saturated carbocycles. The van der Waals surface area contributed by atoms with E-state index in [1.165, 1.54) is 34.1 Å². The molecule has 0 aliphatic carbocycles. The van der Waals surface area contributed by atoms with Gasteiger partial charge in [0.2, 0.25) is 5.91 Å². The number of alkyl halides is 2. The van der Waals surface area contributed by atoms with Gasteiger partial charge < -0.3 is 10.1 Å². The van der Waals surface area contributed by atoms with Crippen molar-refractivity contribution in [2.45, 2.75) is 25.2 Å². The molecule has 27 heavy (non-hydrogen) atoms. The number of carbonyl (C=O) groups is 1. The smallest absolute Gasteiger partial charge is 0.387 e. The number of aromatic nitrogens is 2. The number of thioether (sulfide) groups is 1. The van der Waals surface area contributed by atoms with Crippen LogP contribution in [0.2, 0.25) is 0 Å². The number of anilines is 1. The normalized spacial score (nSPS) is 11.1. The van der Waals surface area contributed by atoms with Crippen molar-refractivity contribution in [2.75, 3.05) is 11.1 Å². The van der Waals surface area contributed by atoms with Gasteiger partial charge in [-0.25, -0.2) is 4.98 Å². The third-order valence-corrected chi connectivity index (χ3v) is 5.42. The topological polar surface area (TPSA) is 73.2 Å². The molecular formula is C17H15F2N3O3S2. The van der Waals surface area contributed by atoms with E-state index in [2.05, 4.69) is 15.0 Å². The highest BCUT2D eigenvalue weighted by molar-refractivity contribution is 7.99. The molecule has 0 atom stereocenters. The fourth-order valence-corrected chi connectivity index (χ4v) is 4.04. The molecule has 2 aromatic heterocycles. The fraction of sp³-hybridized carbons (Fsp3) is 0.235. The summed E-state index contributed by atoms with van der Waals surface area (Å²) < 4.78 is 31.4. The first-order chi connectivity index (χ1) is 13.0. The molecule has 0 fully saturated rings. The number of fused-ring (bicyclic) bond motifs is 1. The molecule has 0 unspecified atom stereocenters. The van der Waals surface area contributed by atoms with E-state index in [1.54, 1.807) is 17.5 Å². The van der Waals surface area contributed by atoms with E-state index in [4.69, 9.17) is 0 Å². The number of hydrogen-bond acceptors (Lipinski definition) is 6. The first kappa shape index (κ1) is 19.3. The molecule has 2 heterocycles. The molecular weight excluding hydrogens is 396 g/mol. The average Bonchev–Trinajstić information content (AvgIpc) is 3.10. The van der Waals surface area contributed by atoms with Gasteiger partial charge in [0.05, 0.1) is 17.0 Å². The van der Waals surface area contributed by atoms with Gasteiger partial charge in [0.25, 0.3) is 5.56 Å². The first-order valence-electron chi connectivity index (χ1n) is 7.94. The number of halogens is 2. The standard InChI is InChI=1S/C17H15F2N3O3S2/c1-2-22-15(24)14-11(7-8-26-14)21-17(22)27-9-13(23)20-10-5-3-4-6-12(10)25-16(18)19/h3-8,16H,2,9H2,1H3,(H,20,23). The molecule has 1 N–H and O–H groups in total. The Morgan fingerprint density at radius 1 is 1.37 bits per heavy atom. The molecule has 3 rings (SSSR count). The molecule has 0 bridgehead atoms. The Kier molecular flexibility index (Phi) is 6.07. The summed E-state index contributed by atoms with van der Waals surface area (Å²) in [5.41, 5.74) is 0.599. The molecule has 0 aliphatic heterocycles. The number of benzene rings is 1. The van der Waals surface area contributed by atoms with E-state index in [0.29, 0.717) is 21.9 Å². The summed E-state index contributed by atoms with van der Waals surface area (Å²) in [6, 6.07) is 7.70. The Balaban J connectivity index is 1.73. The molecule has 142 valence electrons. The molecule has 0 saturated heterocycles. The quantitative estimate of drug-likeness (QED) is 0.473. The maximum absolute atomic E-state index is 12.5. The minimum atomic E-state index is -2.99. The fourth-order valence-electron chi connectivity index (χ4n) is 2.40. The molecule has 0 spiro atoms. The maximum atomic E-state index is 12.5. The summed E-state index contributed by atoms with van der Waals surface area (Å²) in [4.78, 5) is 29.1. The van der Waals surface area contributed by atoms with Crippen LogP contribution in [0, 0.1) is 0 Å². The summed E-state index contributed by atoms with van der Waals surface area (Å²) in [6.45, 7) is -0.739.